The van der Waals surface area contributed by atoms with Gasteiger partial charge >= 0.3 is 0 Å². The summed E-state index contributed by atoms with van der Waals surface area (Å²) in [6.45, 7) is 2.95. The predicted molar refractivity (Wildman–Crippen MR) is 78.1 cm³/mol. The molecule has 1 amide bonds. The number of rotatable bonds is 6. The number of ether oxygens (including phenoxy) is 1. The van der Waals surface area contributed by atoms with E-state index in [9.17, 15) is 13.2 Å². The van der Waals surface area contributed by atoms with Crippen molar-refractivity contribution in [2.45, 2.75) is 25.8 Å². The molecule has 1 aromatic rings. The van der Waals surface area contributed by atoms with Gasteiger partial charge in [-0.05, 0) is 25.8 Å². The summed E-state index contributed by atoms with van der Waals surface area (Å²) in [5.74, 6) is 0.0498. The first-order chi connectivity index (χ1) is 9.93. The van der Waals surface area contributed by atoms with Crippen LogP contribution in [0.4, 0.5) is 0 Å². The van der Waals surface area contributed by atoms with Crippen LogP contribution in [0.3, 0.4) is 0 Å². The molecule has 1 fully saturated rings. The minimum atomic E-state index is -2.97. The molecule has 0 aliphatic carbocycles. The van der Waals surface area contributed by atoms with Gasteiger partial charge in [0.15, 0.2) is 9.84 Å². The minimum Gasteiger partial charge on any atom is -0.385 e. The fourth-order valence-electron chi connectivity index (χ4n) is 2.45. The van der Waals surface area contributed by atoms with Crippen LogP contribution in [0.5, 0.6) is 0 Å². The van der Waals surface area contributed by atoms with Gasteiger partial charge in [-0.1, -0.05) is 0 Å². The van der Waals surface area contributed by atoms with Crippen molar-refractivity contribution in [2.24, 2.45) is 0 Å². The van der Waals surface area contributed by atoms with Crippen LogP contribution in [0, 0.1) is 6.92 Å². The molecule has 1 unspecified atom stereocenters. The van der Waals surface area contributed by atoms with Gasteiger partial charge in [0.25, 0.3) is 5.91 Å². The van der Waals surface area contributed by atoms with Gasteiger partial charge in [0.2, 0.25) is 0 Å². The number of methoxy groups -OCH3 is 1. The van der Waals surface area contributed by atoms with Gasteiger partial charge in [0, 0.05) is 26.0 Å². The molecule has 21 heavy (non-hydrogen) atoms. The van der Waals surface area contributed by atoms with Gasteiger partial charge in [-0.3, -0.25) is 9.48 Å². The van der Waals surface area contributed by atoms with E-state index in [1.54, 1.807) is 17.9 Å². The van der Waals surface area contributed by atoms with Crippen molar-refractivity contribution >= 4 is 15.7 Å². The maximum Gasteiger partial charge on any atom is 0.271 e. The Kier molecular flexibility index (Phi) is 5.00. The largest absolute Gasteiger partial charge is 0.385 e. The number of hydrogen-bond donors (Lipinski definition) is 1. The molecule has 118 valence electrons. The van der Waals surface area contributed by atoms with Crippen LogP contribution in [-0.2, 0) is 14.6 Å². The maximum absolute atomic E-state index is 12.0. The fourth-order valence-corrected chi connectivity index (χ4v) is 4.14. The van der Waals surface area contributed by atoms with Gasteiger partial charge in [-0.25, -0.2) is 8.42 Å². The number of sulfone groups is 1. The molecular weight excluding hydrogens is 294 g/mol. The van der Waals surface area contributed by atoms with E-state index in [1.807, 2.05) is 6.92 Å². The monoisotopic (exact) mass is 315 g/mol. The molecule has 0 saturated carbocycles. The SMILES string of the molecule is COCCCNC(=O)c1cc(C)n(C2CCS(=O)(=O)C2)n1. The summed E-state index contributed by atoms with van der Waals surface area (Å²) < 4.78 is 29.6. The molecule has 1 atom stereocenters. The Morgan fingerprint density at radius 1 is 1.57 bits per heavy atom. The number of hydrogen-bond acceptors (Lipinski definition) is 5. The molecule has 0 spiro atoms. The van der Waals surface area contributed by atoms with E-state index in [-0.39, 0.29) is 23.5 Å². The maximum atomic E-state index is 12.0. The standard InChI is InChI=1S/C13H21N3O4S/c1-10-8-12(13(17)14-5-3-6-20-2)15-16(10)11-4-7-21(18,19)9-11/h8,11H,3-7,9H2,1-2H3,(H,14,17). The summed E-state index contributed by atoms with van der Waals surface area (Å²) in [5.41, 5.74) is 1.13. The molecule has 0 bridgehead atoms. The average molecular weight is 315 g/mol. The van der Waals surface area contributed by atoms with E-state index >= 15 is 0 Å². The van der Waals surface area contributed by atoms with Gasteiger partial charge in [0.05, 0.1) is 17.5 Å². The van der Waals surface area contributed by atoms with Gasteiger partial charge in [-0.2, -0.15) is 5.10 Å². The van der Waals surface area contributed by atoms with E-state index in [2.05, 4.69) is 10.4 Å². The number of nitrogens with one attached hydrogen (secondary N) is 1. The molecule has 2 rings (SSSR count). The number of carbonyl (C=O) groups excluding carboxylic acids is 1. The van der Waals surface area contributed by atoms with Crippen molar-refractivity contribution in [1.29, 1.82) is 0 Å². The Hall–Kier alpha value is -1.41. The summed E-state index contributed by atoms with van der Waals surface area (Å²) in [5, 5.41) is 7.03. The summed E-state index contributed by atoms with van der Waals surface area (Å²) in [7, 11) is -1.35. The summed E-state index contributed by atoms with van der Waals surface area (Å²) in [6, 6.07) is 1.53. The Bertz CT molecular complexity index is 609. The average Bonchev–Trinajstić information content (AvgIpc) is 2.97. The normalized spacial score (nSPS) is 20.6. The Balaban J connectivity index is 2.00. The molecule has 7 nitrogen and oxygen atoms in total. The van der Waals surface area contributed by atoms with Crippen LogP contribution in [0.15, 0.2) is 6.07 Å². The number of carbonyl (C=O) groups is 1. The molecule has 1 aromatic heterocycles. The molecule has 0 aromatic carbocycles. The van der Waals surface area contributed by atoms with Crippen molar-refractivity contribution in [3.05, 3.63) is 17.5 Å². The molecular formula is C13H21N3O4S. The van der Waals surface area contributed by atoms with Crippen LogP contribution in [0.25, 0.3) is 0 Å². The lowest BCUT2D eigenvalue weighted by atomic mass is 10.2. The van der Waals surface area contributed by atoms with E-state index in [0.717, 1.165) is 12.1 Å². The van der Waals surface area contributed by atoms with E-state index in [1.165, 1.54) is 0 Å². The van der Waals surface area contributed by atoms with Crippen LogP contribution in [0.2, 0.25) is 0 Å². The van der Waals surface area contributed by atoms with Crippen molar-refractivity contribution in [3.63, 3.8) is 0 Å². The highest BCUT2D eigenvalue weighted by atomic mass is 32.2. The second-order valence-electron chi connectivity index (χ2n) is 5.27. The third-order valence-corrected chi connectivity index (χ3v) is 5.27. The number of amides is 1. The lowest BCUT2D eigenvalue weighted by Crippen LogP contribution is -2.26. The quantitative estimate of drug-likeness (QED) is 0.763. The zero-order valence-electron chi connectivity index (χ0n) is 12.3. The Morgan fingerprint density at radius 2 is 2.33 bits per heavy atom. The summed E-state index contributed by atoms with van der Waals surface area (Å²) >= 11 is 0. The topological polar surface area (TPSA) is 90.3 Å². The van der Waals surface area contributed by atoms with Crippen molar-refractivity contribution in [2.75, 3.05) is 31.8 Å². The smallest absolute Gasteiger partial charge is 0.271 e. The highest BCUT2D eigenvalue weighted by Crippen LogP contribution is 2.24. The lowest BCUT2D eigenvalue weighted by Gasteiger charge is -2.10. The molecule has 2 heterocycles. The predicted octanol–water partition coefficient (Wildman–Crippen LogP) is 0.317. The van der Waals surface area contributed by atoms with Gasteiger partial charge < -0.3 is 10.1 Å². The van der Waals surface area contributed by atoms with Crippen LogP contribution < -0.4 is 5.32 Å². The Morgan fingerprint density at radius 3 is 2.95 bits per heavy atom. The van der Waals surface area contributed by atoms with E-state index in [0.29, 0.717) is 25.3 Å². The third kappa shape index (κ3) is 4.04. The highest BCUT2D eigenvalue weighted by molar-refractivity contribution is 7.91. The summed E-state index contributed by atoms with van der Waals surface area (Å²) in [6.07, 6.45) is 1.29. The van der Waals surface area contributed by atoms with Gasteiger partial charge in [-0.15, -0.1) is 0 Å². The fraction of sp³-hybridized carbons (Fsp3) is 0.692. The van der Waals surface area contributed by atoms with Crippen LogP contribution in [-0.4, -0.2) is 55.9 Å². The molecule has 1 aliphatic rings. The Labute approximate surface area is 124 Å². The molecule has 0 radical (unpaired) electrons. The lowest BCUT2D eigenvalue weighted by molar-refractivity contribution is 0.0942. The van der Waals surface area contributed by atoms with Gasteiger partial charge in [0.1, 0.15) is 5.69 Å². The van der Waals surface area contributed by atoms with Crippen molar-refractivity contribution < 1.29 is 17.9 Å². The number of aromatic nitrogens is 2. The first kappa shape index (κ1) is 16.0. The summed E-state index contributed by atoms with van der Waals surface area (Å²) in [4.78, 5) is 12.0. The molecule has 1 saturated heterocycles. The molecule has 1 aliphatic heterocycles. The second-order valence-corrected chi connectivity index (χ2v) is 7.50. The second kappa shape index (κ2) is 6.57. The highest BCUT2D eigenvalue weighted by Gasteiger charge is 2.31. The molecule has 8 heteroatoms. The zero-order valence-corrected chi connectivity index (χ0v) is 13.1. The van der Waals surface area contributed by atoms with E-state index in [4.69, 9.17) is 4.74 Å². The van der Waals surface area contributed by atoms with Crippen LogP contribution in [0.1, 0.15) is 35.1 Å². The number of aryl methyl sites for hydroxylation is 1. The van der Waals surface area contributed by atoms with Crippen LogP contribution >= 0.6 is 0 Å². The number of nitrogens with zero attached hydrogens (tertiary/aromatic N) is 2. The first-order valence-electron chi connectivity index (χ1n) is 6.96. The molecule has 1 N–H and O–H groups in total. The van der Waals surface area contributed by atoms with Crippen molar-refractivity contribution in [3.8, 4) is 0 Å². The first-order valence-corrected chi connectivity index (χ1v) is 8.79. The van der Waals surface area contributed by atoms with E-state index < -0.39 is 9.84 Å². The zero-order chi connectivity index (χ0) is 15.5. The minimum absolute atomic E-state index is 0.102. The van der Waals surface area contributed by atoms with Crippen molar-refractivity contribution in [1.82, 2.24) is 15.1 Å². The third-order valence-electron chi connectivity index (χ3n) is 3.52.